The first-order valence-corrected chi connectivity index (χ1v) is 8.05. The van der Waals surface area contributed by atoms with Gasteiger partial charge in [0.15, 0.2) is 11.6 Å². The smallest absolute Gasteiger partial charge is 0.293 e. The molecular formula is C18H17FN4O3. The second kappa shape index (κ2) is 7.27. The summed E-state index contributed by atoms with van der Waals surface area (Å²) in [4.78, 5) is 14.8. The Morgan fingerprint density at radius 1 is 1.15 bits per heavy atom. The predicted octanol–water partition coefficient (Wildman–Crippen LogP) is 2.94. The molecule has 3 rings (SSSR count). The molecule has 0 spiro atoms. The minimum atomic E-state index is -0.471. The molecule has 134 valence electrons. The van der Waals surface area contributed by atoms with Gasteiger partial charge in [0.25, 0.3) is 5.69 Å². The second-order valence-electron chi connectivity index (χ2n) is 5.87. The highest BCUT2D eigenvalue weighted by atomic mass is 19.1. The maximum absolute atomic E-state index is 13.9. The Labute approximate surface area is 150 Å². The summed E-state index contributed by atoms with van der Waals surface area (Å²) in [7, 11) is 1.42. The standard InChI is InChI=1S/C18H17FN4O3/c1-26-18-5-3-14(11-15(18)19)21-6-8-22(9-7-21)16-4-2-13(12-20)10-17(16)23(24)25/h2-5,10-11H,6-9H2,1H3. The van der Waals surface area contributed by atoms with Crippen LogP contribution in [0.1, 0.15) is 5.56 Å². The van der Waals surface area contributed by atoms with Gasteiger partial charge in [-0.3, -0.25) is 10.1 Å². The number of halogens is 1. The van der Waals surface area contributed by atoms with E-state index in [0.29, 0.717) is 31.9 Å². The van der Waals surface area contributed by atoms with Gasteiger partial charge in [0, 0.05) is 44.0 Å². The summed E-state index contributed by atoms with van der Waals surface area (Å²) >= 11 is 0. The van der Waals surface area contributed by atoms with Crippen molar-refractivity contribution in [2.75, 3.05) is 43.1 Å². The highest BCUT2D eigenvalue weighted by Gasteiger charge is 2.24. The summed E-state index contributed by atoms with van der Waals surface area (Å²) in [6, 6.07) is 11.2. The lowest BCUT2D eigenvalue weighted by atomic mass is 10.1. The van der Waals surface area contributed by atoms with E-state index in [-0.39, 0.29) is 17.0 Å². The molecule has 0 aliphatic carbocycles. The van der Waals surface area contributed by atoms with Gasteiger partial charge in [-0.25, -0.2) is 4.39 Å². The van der Waals surface area contributed by atoms with E-state index in [9.17, 15) is 14.5 Å². The number of nitro groups is 1. The number of anilines is 2. The zero-order valence-corrected chi connectivity index (χ0v) is 14.2. The summed E-state index contributed by atoms with van der Waals surface area (Å²) < 4.78 is 18.8. The van der Waals surface area contributed by atoms with Gasteiger partial charge in [-0.05, 0) is 24.3 Å². The maximum Gasteiger partial charge on any atom is 0.293 e. The third-order valence-electron chi connectivity index (χ3n) is 4.42. The van der Waals surface area contributed by atoms with E-state index in [0.717, 1.165) is 5.69 Å². The average molecular weight is 356 g/mol. The van der Waals surface area contributed by atoms with Crippen molar-refractivity contribution in [1.82, 2.24) is 0 Å². The van der Waals surface area contributed by atoms with Gasteiger partial charge in [0.1, 0.15) is 5.69 Å². The molecule has 1 fully saturated rings. The van der Waals surface area contributed by atoms with Gasteiger partial charge in [-0.15, -0.1) is 0 Å². The van der Waals surface area contributed by atoms with Crippen molar-refractivity contribution in [2.24, 2.45) is 0 Å². The SMILES string of the molecule is COc1ccc(N2CCN(c3ccc(C#N)cc3[N+](=O)[O-])CC2)cc1F. The van der Waals surface area contributed by atoms with Gasteiger partial charge in [0.05, 0.1) is 23.7 Å². The topological polar surface area (TPSA) is 82.6 Å². The van der Waals surface area contributed by atoms with Crippen molar-refractivity contribution in [3.63, 3.8) is 0 Å². The molecule has 0 radical (unpaired) electrons. The molecule has 2 aromatic rings. The van der Waals surface area contributed by atoms with Crippen LogP contribution in [0.15, 0.2) is 36.4 Å². The summed E-state index contributed by atoms with van der Waals surface area (Å²) in [5.74, 6) is -0.226. The highest BCUT2D eigenvalue weighted by Crippen LogP contribution is 2.31. The molecule has 0 N–H and O–H groups in total. The van der Waals surface area contributed by atoms with Crippen LogP contribution in [0.4, 0.5) is 21.5 Å². The Morgan fingerprint density at radius 2 is 1.85 bits per heavy atom. The van der Waals surface area contributed by atoms with Crippen LogP contribution in [0.3, 0.4) is 0 Å². The van der Waals surface area contributed by atoms with Crippen molar-refractivity contribution in [2.45, 2.75) is 0 Å². The number of nitriles is 1. The van der Waals surface area contributed by atoms with E-state index in [2.05, 4.69) is 0 Å². The molecule has 1 saturated heterocycles. The minimum Gasteiger partial charge on any atom is -0.494 e. The zero-order chi connectivity index (χ0) is 18.7. The van der Waals surface area contributed by atoms with Gasteiger partial charge < -0.3 is 14.5 Å². The molecule has 8 heteroatoms. The molecule has 7 nitrogen and oxygen atoms in total. The van der Waals surface area contributed by atoms with E-state index in [1.165, 1.54) is 19.2 Å². The number of benzene rings is 2. The van der Waals surface area contributed by atoms with E-state index in [1.54, 1.807) is 24.3 Å². The third-order valence-corrected chi connectivity index (χ3v) is 4.42. The van der Waals surface area contributed by atoms with Gasteiger partial charge in [0.2, 0.25) is 0 Å². The first-order chi connectivity index (χ1) is 12.5. The third kappa shape index (κ3) is 3.37. The summed E-state index contributed by atoms with van der Waals surface area (Å²) in [6.07, 6.45) is 0. The number of piperazine rings is 1. The summed E-state index contributed by atoms with van der Waals surface area (Å²) in [6.45, 7) is 2.31. The van der Waals surface area contributed by atoms with Crippen LogP contribution >= 0.6 is 0 Å². The molecule has 0 unspecified atom stereocenters. The average Bonchev–Trinajstić information content (AvgIpc) is 2.67. The number of hydrogen-bond acceptors (Lipinski definition) is 6. The first-order valence-electron chi connectivity index (χ1n) is 8.05. The van der Waals surface area contributed by atoms with E-state index >= 15 is 0 Å². The Kier molecular flexibility index (Phi) is 4.89. The number of rotatable bonds is 4. The van der Waals surface area contributed by atoms with E-state index in [4.69, 9.17) is 10.00 Å². The quantitative estimate of drug-likeness (QED) is 0.619. The Hall–Kier alpha value is -3.34. The lowest BCUT2D eigenvalue weighted by Crippen LogP contribution is -2.46. The molecule has 0 aromatic heterocycles. The van der Waals surface area contributed by atoms with Crippen molar-refractivity contribution < 1.29 is 14.1 Å². The monoisotopic (exact) mass is 356 g/mol. The van der Waals surface area contributed by atoms with Crippen molar-refractivity contribution >= 4 is 17.1 Å². The largest absolute Gasteiger partial charge is 0.494 e. The van der Waals surface area contributed by atoms with Crippen molar-refractivity contribution in [3.05, 3.63) is 57.9 Å². The Balaban J connectivity index is 1.76. The molecule has 1 aliphatic rings. The Morgan fingerprint density at radius 3 is 2.42 bits per heavy atom. The fraction of sp³-hybridized carbons (Fsp3) is 0.278. The van der Waals surface area contributed by atoms with Crippen molar-refractivity contribution in [3.8, 4) is 11.8 Å². The number of hydrogen-bond donors (Lipinski definition) is 0. The summed E-state index contributed by atoms with van der Waals surface area (Å²) in [5, 5.41) is 20.3. The second-order valence-corrected chi connectivity index (χ2v) is 5.87. The molecule has 0 saturated carbocycles. The summed E-state index contributed by atoms with van der Waals surface area (Å²) in [5.41, 5.74) is 1.42. The molecule has 26 heavy (non-hydrogen) atoms. The van der Waals surface area contributed by atoms with Gasteiger partial charge in [-0.2, -0.15) is 5.26 Å². The predicted molar refractivity (Wildman–Crippen MR) is 95.2 cm³/mol. The number of methoxy groups -OCH3 is 1. The molecule has 0 amide bonds. The fourth-order valence-corrected chi connectivity index (χ4v) is 3.06. The highest BCUT2D eigenvalue weighted by molar-refractivity contribution is 5.66. The van der Waals surface area contributed by atoms with Gasteiger partial charge >= 0.3 is 0 Å². The van der Waals surface area contributed by atoms with Crippen LogP contribution in [0.5, 0.6) is 5.75 Å². The maximum atomic E-state index is 13.9. The molecule has 1 aliphatic heterocycles. The number of nitro benzene ring substituents is 1. The molecule has 0 atom stereocenters. The lowest BCUT2D eigenvalue weighted by molar-refractivity contribution is -0.384. The molecule has 1 heterocycles. The lowest BCUT2D eigenvalue weighted by Gasteiger charge is -2.37. The number of nitrogens with zero attached hydrogens (tertiary/aromatic N) is 4. The van der Waals surface area contributed by atoms with Gasteiger partial charge in [-0.1, -0.05) is 0 Å². The van der Waals surface area contributed by atoms with E-state index < -0.39 is 10.7 Å². The minimum absolute atomic E-state index is 0.0759. The first kappa shape index (κ1) is 17.5. The molecule has 0 bridgehead atoms. The zero-order valence-electron chi connectivity index (χ0n) is 14.2. The van der Waals surface area contributed by atoms with Crippen molar-refractivity contribution in [1.29, 1.82) is 5.26 Å². The number of ether oxygens (including phenoxy) is 1. The fourth-order valence-electron chi connectivity index (χ4n) is 3.06. The normalized spacial score (nSPS) is 14.0. The van der Waals surface area contributed by atoms with Crippen LogP contribution < -0.4 is 14.5 Å². The Bertz CT molecular complexity index is 873. The van der Waals surface area contributed by atoms with Crippen LogP contribution in [0, 0.1) is 27.3 Å². The van der Waals surface area contributed by atoms with Crippen LogP contribution in [-0.4, -0.2) is 38.2 Å². The van der Waals surface area contributed by atoms with Crippen LogP contribution in [0.2, 0.25) is 0 Å². The molecular weight excluding hydrogens is 339 g/mol. The van der Waals surface area contributed by atoms with Crippen LogP contribution in [-0.2, 0) is 0 Å². The van der Waals surface area contributed by atoms with E-state index in [1.807, 2.05) is 15.9 Å². The van der Waals surface area contributed by atoms with Crippen LogP contribution in [0.25, 0.3) is 0 Å². The molecule has 2 aromatic carbocycles.